The predicted octanol–water partition coefficient (Wildman–Crippen LogP) is 3.51. The molecule has 0 bridgehead atoms. The van der Waals surface area contributed by atoms with E-state index in [1.54, 1.807) is 43.8 Å². The van der Waals surface area contributed by atoms with Gasteiger partial charge < -0.3 is 19.5 Å². The Morgan fingerprint density at radius 1 is 1.09 bits per heavy atom. The summed E-state index contributed by atoms with van der Waals surface area (Å²) in [6.45, 7) is 2.63. The van der Waals surface area contributed by atoms with Crippen LogP contribution in [0, 0.1) is 12.7 Å². The molecule has 0 radical (unpaired) electrons. The smallest absolute Gasteiger partial charge is 0.243 e. The van der Waals surface area contributed by atoms with Crippen LogP contribution in [0.25, 0.3) is 10.9 Å². The minimum absolute atomic E-state index is 0.115. The van der Waals surface area contributed by atoms with Gasteiger partial charge in [-0.3, -0.25) is 10.0 Å². The molecule has 0 unspecified atom stereocenters. The Balaban J connectivity index is 1.88. The van der Waals surface area contributed by atoms with E-state index in [-0.39, 0.29) is 18.8 Å². The predicted molar refractivity (Wildman–Crippen MR) is 116 cm³/mol. The Morgan fingerprint density at radius 3 is 2.62 bits per heavy atom. The van der Waals surface area contributed by atoms with Crippen LogP contribution in [-0.4, -0.2) is 48.0 Å². The molecule has 0 aliphatic heterocycles. The zero-order chi connectivity index (χ0) is 22.9. The molecule has 1 amide bonds. The van der Waals surface area contributed by atoms with Gasteiger partial charge in [-0.1, -0.05) is 0 Å². The molecule has 0 saturated carbocycles. The average Bonchev–Trinajstić information content (AvgIpc) is 2.79. The maximum Gasteiger partial charge on any atom is 0.243 e. The molecule has 0 aliphatic rings. The van der Waals surface area contributed by atoms with E-state index in [0.717, 1.165) is 0 Å². The number of halogens is 1. The molecule has 0 fully saturated rings. The molecular formula is C22H25FN4O5. The number of amides is 1. The van der Waals surface area contributed by atoms with Crippen LogP contribution in [0.5, 0.6) is 11.5 Å². The van der Waals surface area contributed by atoms with Crippen molar-refractivity contribution in [1.82, 2.24) is 15.4 Å². The second-order valence-corrected chi connectivity index (χ2v) is 6.96. The van der Waals surface area contributed by atoms with Crippen LogP contribution in [0.2, 0.25) is 0 Å². The molecule has 1 heterocycles. The zero-order valence-electron chi connectivity index (χ0n) is 17.9. The van der Waals surface area contributed by atoms with Gasteiger partial charge in [-0.25, -0.2) is 19.8 Å². The second-order valence-electron chi connectivity index (χ2n) is 6.96. The molecule has 170 valence electrons. The van der Waals surface area contributed by atoms with E-state index in [4.69, 9.17) is 19.4 Å². The molecule has 3 rings (SSSR count). The lowest BCUT2D eigenvalue weighted by Crippen LogP contribution is -2.18. The quantitative estimate of drug-likeness (QED) is 0.234. The monoisotopic (exact) mass is 444 g/mol. The Labute approximate surface area is 184 Å². The number of hydrogen-bond donors (Lipinski definition) is 3. The van der Waals surface area contributed by atoms with Crippen molar-refractivity contribution in [2.75, 3.05) is 32.2 Å². The summed E-state index contributed by atoms with van der Waals surface area (Å²) in [5, 5.41) is 12.5. The fourth-order valence-electron chi connectivity index (χ4n) is 2.95. The minimum Gasteiger partial charge on any atom is -0.490 e. The summed E-state index contributed by atoms with van der Waals surface area (Å²) < 4.78 is 30.3. The standard InChI is InChI=1S/C22H25FN4O5/c1-14-10-15(5-6-17(14)23)26-22-16-11-19(31-7-3-4-21(28)27-29)20(32-9-8-30-2)12-18(16)24-13-25-22/h5-6,10-13,29H,3-4,7-9H2,1-2H3,(H,27,28)(H,24,25,26). The number of nitrogens with one attached hydrogen (secondary N) is 2. The Hall–Kier alpha value is -3.50. The van der Waals surface area contributed by atoms with E-state index in [1.807, 2.05) is 0 Å². The summed E-state index contributed by atoms with van der Waals surface area (Å²) in [6.07, 6.45) is 1.94. The van der Waals surface area contributed by atoms with Crippen molar-refractivity contribution in [3.63, 3.8) is 0 Å². The average molecular weight is 444 g/mol. The highest BCUT2D eigenvalue weighted by molar-refractivity contribution is 5.93. The van der Waals surface area contributed by atoms with Crippen LogP contribution in [-0.2, 0) is 9.53 Å². The first kappa shape index (κ1) is 23.2. The van der Waals surface area contributed by atoms with Gasteiger partial charge in [0.1, 0.15) is 24.6 Å². The van der Waals surface area contributed by atoms with E-state index in [1.165, 1.54) is 12.4 Å². The van der Waals surface area contributed by atoms with Gasteiger partial charge in [-0.15, -0.1) is 0 Å². The van der Waals surface area contributed by atoms with Crippen molar-refractivity contribution in [1.29, 1.82) is 0 Å². The molecule has 10 heteroatoms. The van der Waals surface area contributed by atoms with Crippen molar-refractivity contribution in [3.05, 3.63) is 48.0 Å². The Bertz CT molecular complexity index is 1080. The van der Waals surface area contributed by atoms with Crippen LogP contribution < -0.4 is 20.3 Å². The normalized spacial score (nSPS) is 10.8. The number of anilines is 2. The van der Waals surface area contributed by atoms with Gasteiger partial charge in [0.15, 0.2) is 11.5 Å². The Kier molecular flexibility index (Phi) is 8.12. The van der Waals surface area contributed by atoms with Crippen molar-refractivity contribution in [2.24, 2.45) is 0 Å². The number of carbonyl (C=O) groups is 1. The first-order valence-corrected chi connectivity index (χ1v) is 10.0. The lowest BCUT2D eigenvalue weighted by Gasteiger charge is -2.15. The Morgan fingerprint density at radius 2 is 1.88 bits per heavy atom. The van der Waals surface area contributed by atoms with E-state index in [9.17, 15) is 9.18 Å². The van der Waals surface area contributed by atoms with Gasteiger partial charge in [0, 0.05) is 30.7 Å². The van der Waals surface area contributed by atoms with Crippen LogP contribution in [0.15, 0.2) is 36.7 Å². The molecule has 3 aromatic rings. The van der Waals surface area contributed by atoms with Gasteiger partial charge in [0.05, 0.1) is 18.7 Å². The number of nitrogens with zero attached hydrogens (tertiary/aromatic N) is 2. The summed E-state index contributed by atoms with van der Waals surface area (Å²) in [4.78, 5) is 19.8. The highest BCUT2D eigenvalue weighted by Crippen LogP contribution is 2.35. The van der Waals surface area contributed by atoms with Crippen molar-refractivity contribution in [3.8, 4) is 11.5 Å². The number of aromatic nitrogens is 2. The fourth-order valence-corrected chi connectivity index (χ4v) is 2.95. The number of rotatable bonds is 11. The van der Waals surface area contributed by atoms with Gasteiger partial charge in [0.2, 0.25) is 5.91 Å². The molecule has 32 heavy (non-hydrogen) atoms. The van der Waals surface area contributed by atoms with E-state index >= 15 is 0 Å². The molecule has 0 aliphatic carbocycles. The molecule has 9 nitrogen and oxygen atoms in total. The summed E-state index contributed by atoms with van der Waals surface area (Å²) in [5.74, 6) is 0.674. The summed E-state index contributed by atoms with van der Waals surface area (Å²) in [6, 6.07) is 8.20. The first-order chi connectivity index (χ1) is 15.5. The summed E-state index contributed by atoms with van der Waals surface area (Å²) >= 11 is 0. The SMILES string of the molecule is COCCOc1cc2ncnc(Nc3ccc(F)c(C)c3)c2cc1OCCCC(=O)NO. The minimum atomic E-state index is -0.488. The number of aryl methyl sites for hydroxylation is 1. The number of fused-ring (bicyclic) bond motifs is 1. The van der Waals surface area contributed by atoms with Gasteiger partial charge in [-0.2, -0.15) is 0 Å². The molecule has 3 N–H and O–H groups in total. The number of methoxy groups -OCH3 is 1. The van der Waals surface area contributed by atoms with Crippen LogP contribution in [0.1, 0.15) is 18.4 Å². The van der Waals surface area contributed by atoms with Crippen molar-refractivity contribution in [2.45, 2.75) is 19.8 Å². The summed E-state index contributed by atoms with van der Waals surface area (Å²) in [5.41, 5.74) is 3.41. The molecule has 0 atom stereocenters. The topological polar surface area (TPSA) is 115 Å². The lowest BCUT2D eigenvalue weighted by atomic mass is 10.2. The highest BCUT2D eigenvalue weighted by atomic mass is 19.1. The molecule has 0 saturated heterocycles. The second kappa shape index (κ2) is 11.2. The number of hydroxylamine groups is 1. The number of carbonyl (C=O) groups excluding carboxylic acids is 1. The third-order valence-electron chi connectivity index (χ3n) is 4.60. The van der Waals surface area contributed by atoms with Gasteiger partial charge >= 0.3 is 0 Å². The van der Waals surface area contributed by atoms with Crippen molar-refractivity contribution >= 4 is 28.3 Å². The molecular weight excluding hydrogens is 419 g/mol. The number of hydrogen-bond acceptors (Lipinski definition) is 8. The van der Waals surface area contributed by atoms with E-state index in [0.29, 0.717) is 59.1 Å². The zero-order valence-corrected chi connectivity index (χ0v) is 17.9. The number of ether oxygens (including phenoxy) is 3. The maximum atomic E-state index is 13.6. The van der Waals surface area contributed by atoms with Crippen LogP contribution in [0.3, 0.4) is 0 Å². The lowest BCUT2D eigenvalue weighted by molar-refractivity contribution is -0.129. The van der Waals surface area contributed by atoms with Crippen molar-refractivity contribution < 1.29 is 28.6 Å². The highest BCUT2D eigenvalue weighted by Gasteiger charge is 2.13. The number of benzene rings is 2. The van der Waals surface area contributed by atoms with Gasteiger partial charge in [0.25, 0.3) is 0 Å². The van der Waals surface area contributed by atoms with E-state index < -0.39 is 5.91 Å². The third kappa shape index (κ3) is 6.02. The van der Waals surface area contributed by atoms with Gasteiger partial charge in [-0.05, 0) is 43.2 Å². The summed E-state index contributed by atoms with van der Waals surface area (Å²) in [7, 11) is 1.58. The van der Waals surface area contributed by atoms with E-state index in [2.05, 4.69) is 15.3 Å². The van der Waals surface area contributed by atoms with Crippen LogP contribution in [0.4, 0.5) is 15.9 Å². The first-order valence-electron chi connectivity index (χ1n) is 10.0. The molecule has 2 aromatic carbocycles. The van der Waals surface area contributed by atoms with Crippen LogP contribution >= 0.6 is 0 Å². The maximum absolute atomic E-state index is 13.6. The largest absolute Gasteiger partial charge is 0.490 e. The molecule has 0 spiro atoms. The fraction of sp³-hybridized carbons (Fsp3) is 0.318. The third-order valence-corrected chi connectivity index (χ3v) is 4.60. The molecule has 1 aromatic heterocycles.